The first-order chi connectivity index (χ1) is 16.4. The fourth-order valence-corrected chi connectivity index (χ4v) is 3.57. The molecule has 3 amide bonds. The third-order valence-electron chi connectivity index (χ3n) is 5.02. The second-order valence-electron chi connectivity index (χ2n) is 8.92. The normalized spacial score (nSPS) is 12.6. The second-order valence-corrected chi connectivity index (χ2v) is 9.33. The predicted molar refractivity (Wildman–Crippen MR) is 135 cm³/mol. The lowest BCUT2D eigenvalue weighted by Gasteiger charge is -2.31. The molecule has 2 unspecified atom stereocenters. The molecule has 0 aliphatic heterocycles. The Labute approximate surface area is 210 Å². The summed E-state index contributed by atoms with van der Waals surface area (Å²) in [5.41, 5.74) is 1.42. The molecule has 0 radical (unpaired) electrons. The highest BCUT2D eigenvalue weighted by molar-refractivity contribution is 6.34. The van der Waals surface area contributed by atoms with Crippen molar-refractivity contribution >= 4 is 35.2 Å². The van der Waals surface area contributed by atoms with Crippen LogP contribution in [0, 0.1) is 19.3 Å². The Bertz CT molecular complexity index is 1100. The standard InChI is InChI=1S/C26H30ClN3O5/c1-7-17-11-13-18(14-12-17)22(23(32)29-21-16(2)9-8-10-19(21)27)30(6)24(33)20(15-31)28-25(34)35-26(3,4)5/h1,8-14,20,22,31H,15H2,2-6H3,(H,28,34)(H,29,32). The number of anilines is 1. The van der Waals surface area contributed by atoms with Gasteiger partial charge in [-0.2, -0.15) is 0 Å². The van der Waals surface area contributed by atoms with E-state index in [2.05, 4.69) is 16.6 Å². The molecule has 0 bridgehead atoms. The Balaban J connectivity index is 2.39. The first kappa shape index (κ1) is 27.7. The average molecular weight is 500 g/mol. The minimum Gasteiger partial charge on any atom is -0.444 e. The summed E-state index contributed by atoms with van der Waals surface area (Å²) in [6.07, 6.45) is 4.57. The predicted octanol–water partition coefficient (Wildman–Crippen LogP) is 3.65. The van der Waals surface area contributed by atoms with Gasteiger partial charge in [0.25, 0.3) is 5.91 Å². The summed E-state index contributed by atoms with van der Waals surface area (Å²) < 4.78 is 5.18. The van der Waals surface area contributed by atoms with Crippen molar-refractivity contribution in [3.63, 3.8) is 0 Å². The third-order valence-corrected chi connectivity index (χ3v) is 5.33. The number of para-hydroxylation sites is 1. The number of amides is 3. The summed E-state index contributed by atoms with van der Waals surface area (Å²) >= 11 is 6.28. The number of aliphatic hydroxyl groups excluding tert-OH is 1. The van der Waals surface area contributed by atoms with E-state index in [1.165, 1.54) is 7.05 Å². The zero-order valence-corrected chi connectivity index (χ0v) is 21.1. The summed E-state index contributed by atoms with van der Waals surface area (Å²) in [6, 6.07) is 9.30. The van der Waals surface area contributed by atoms with E-state index in [4.69, 9.17) is 22.8 Å². The molecule has 35 heavy (non-hydrogen) atoms. The topological polar surface area (TPSA) is 108 Å². The largest absolute Gasteiger partial charge is 0.444 e. The maximum Gasteiger partial charge on any atom is 0.408 e. The molecule has 0 aliphatic rings. The van der Waals surface area contributed by atoms with Crippen LogP contribution in [-0.2, 0) is 14.3 Å². The van der Waals surface area contributed by atoms with Gasteiger partial charge in [-0.1, -0.05) is 41.8 Å². The molecule has 9 heteroatoms. The van der Waals surface area contributed by atoms with Crippen LogP contribution in [0.5, 0.6) is 0 Å². The van der Waals surface area contributed by atoms with Crippen LogP contribution in [0.3, 0.4) is 0 Å². The van der Waals surface area contributed by atoms with Gasteiger partial charge in [0.1, 0.15) is 17.7 Å². The molecule has 2 aromatic rings. The number of nitrogens with zero attached hydrogens (tertiary/aromatic N) is 1. The molecule has 186 valence electrons. The average Bonchev–Trinajstić information content (AvgIpc) is 2.79. The van der Waals surface area contributed by atoms with E-state index in [0.717, 1.165) is 10.5 Å². The van der Waals surface area contributed by atoms with E-state index in [9.17, 15) is 19.5 Å². The zero-order valence-electron chi connectivity index (χ0n) is 20.4. The summed E-state index contributed by atoms with van der Waals surface area (Å²) in [7, 11) is 1.40. The van der Waals surface area contributed by atoms with Crippen molar-refractivity contribution in [2.75, 3.05) is 19.0 Å². The number of aryl methyl sites for hydroxylation is 1. The lowest BCUT2D eigenvalue weighted by molar-refractivity contribution is -0.139. The number of terminal acetylenes is 1. The summed E-state index contributed by atoms with van der Waals surface area (Å²) in [4.78, 5) is 40.1. The number of likely N-dealkylation sites (N-methyl/N-ethyl adjacent to an activating group) is 1. The molecule has 2 atom stereocenters. The number of halogens is 1. The number of hydrogen-bond donors (Lipinski definition) is 3. The van der Waals surface area contributed by atoms with Gasteiger partial charge in [-0.3, -0.25) is 9.59 Å². The number of carbonyl (C=O) groups is 3. The molecule has 2 aromatic carbocycles. The molecule has 0 saturated carbocycles. The summed E-state index contributed by atoms with van der Waals surface area (Å²) in [5.74, 6) is 1.26. The molecule has 2 rings (SSSR count). The SMILES string of the molecule is C#Cc1ccc(C(C(=O)Nc2c(C)cccc2Cl)N(C)C(=O)C(CO)NC(=O)OC(C)(C)C)cc1. The highest BCUT2D eigenvalue weighted by atomic mass is 35.5. The fraction of sp³-hybridized carbons (Fsp3) is 0.346. The minimum atomic E-state index is -1.34. The maximum atomic E-state index is 13.5. The van der Waals surface area contributed by atoms with Crippen molar-refractivity contribution in [2.45, 2.75) is 45.4 Å². The lowest BCUT2D eigenvalue weighted by atomic mass is 10.0. The van der Waals surface area contributed by atoms with Gasteiger partial charge in [-0.05, 0) is 57.0 Å². The van der Waals surface area contributed by atoms with Crippen LogP contribution in [-0.4, -0.2) is 53.2 Å². The number of rotatable bonds is 7. The number of nitrogens with one attached hydrogen (secondary N) is 2. The van der Waals surface area contributed by atoms with Crippen molar-refractivity contribution in [1.82, 2.24) is 10.2 Å². The lowest BCUT2D eigenvalue weighted by Crippen LogP contribution is -2.52. The van der Waals surface area contributed by atoms with Gasteiger partial charge in [-0.25, -0.2) is 4.79 Å². The van der Waals surface area contributed by atoms with Gasteiger partial charge in [0, 0.05) is 12.6 Å². The molecule has 8 nitrogen and oxygen atoms in total. The maximum absolute atomic E-state index is 13.5. The van der Waals surface area contributed by atoms with Gasteiger partial charge in [-0.15, -0.1) is 6.42 Å². The number of ether oxygens (including phenoxy) is 1. The number of benzene rings is 2. The Kier molecular flexibility index (Phi) is 9.29. The molecule has 0 aliphatic carbocycles. The molecular formula is C26H30ClN3O5. The highest BCUT2D eigenvalue weighted by Crippen LogP contribution is 2.29. The molecule has 0 fully saturated rings. The van der Waals surface area contributed by atoms with Crippen LogP contribution in [0.15, 0.2) is 42.5 Å². The van der Waals surface area contributed by atoms with Crippen LogP contribution >= 0.6 is 11.6 Å². The number of carbonyl (C=O) groups excluding carboxylic acids is 3. The highest BCUT2D eigenvalue weighted by Gasteiger charge is 2.34. The monoisotopic (exact) mass is 499 g/mol. The molecule has 3 N–H and O–H groups in total. The van der Waals surface area contributed by atoms with Gasteiger partial charge in [0.2, 0.25) is 5.91 Å². The van der Waals surface area contributed by atoms with E-state index < -0.39 is 42.2 Å². The molecular weight excluding hydrogens is 470 g/mol. The van der Waals surface area contributed by atoms with Crippen molar-refractivity contribution in [1.29, 1.82) is 0 Å². The van der Waals surface area contributed by atoms with Crippen LogP contribution in [0.1, 0.15) is 43.5 Å². The van der Waals surface area contributed by atoms with Crippen molar-refractivity contribution in [3.8, 4) is 12.3 Å². The van der Waals surface area contributed by atoms with Crippen LogP contribution in [0.25, 0.3) is 0 Å². The van der Waals surface area contributed by atoms with Gasteiger partial charge in [0.05, 0.1) is 17.3 Å². The smallest absolute Gasteiger partial charge is 0.408 e. The minimum absolute atomic E-state index is 0.341. The molecule has 0 spiro atoms. The Morgan fingerprint density at radius 3 is 2.31 bits per heavy atom. The Morgan fingerprint density at radius 1 is 1.17 bits per heavy atom. The van der Waals surface area contributed by atoms with E-state index in [-0.39, 0.29) is 0 Å². The van der Waals surface area contributed by atoms with Crippen LogP contribution < -0.4 is 10.6 Å². The third kappa shape index (κ3) is 7.47. The first-order valence-electron chi connectivity index (χ1n) is 10.9. The zero-order chi connectivity index (χ0) is 26.3. The van der Waals surface area contributed by atoms with Gasteiger partial charge >= 0.3 is 6.09 Å². The van der Waals surface area contributed by atoms with E-state index >= 15 is 0 Å². The number of aliphatic hydroxyl groups is 1. The van der Waals surface area contributed by atoms with E-state index in [1.807, 2.05) is 0 Å². The number of alkyl carbamates (subject to hydrolysis) is 1. The Hall–Kier alpha value is -3.54. The summed E-state index contributed by atoms with van der Waals surface area (Å²) in [6.45, 7) is 6.11. The molecule has 0 aromatic heterocycles. The fourth-order valence-electron chi connectivity index (χ4n) is 3.30. The van der Waals surface area contributed by atoms with Gasteiger partial charge in [0.15, 0.2) is 0 Å². The van der Waals surface area contributed by atoms with Gasteiger partial charge < -0.3 is 25.4 Å². The second kappa shape index (κ2) is 11.7. The van der Waals surface area contributed by atoms with Crippen molar-refractivity contribution in [3.05, 3.63) is 64.2 Å². The van der Waals surface area contributed by atoms with Crippen molar-refractivity contribution < 1.29 is 24.2 Å². The first-order valence-corrected chi connectivity index (χ1v) is 11.2. The van der Waals surface area contributed by atoms with Crippen molar-refractivity contribution in [2.24, 2.45) is 0 Å². The molecule has 0 saturated heterocycles. The number of hydrogen-bond acceptors (Lipinski definition) is 5. The van der Waals surface area contributed by atoms with E-state index in [1.54, 1.807) is 70.2 Å². The van der Waals surface area contributed by atoms with E-state index in [0.29, 0.717) is 21.8 Å². The van der Waals surface area contributed by atoms with Crippen LogP contribution in [0.4, 0.5) is 10.5 Å². The quantitative estimate of drug-likeness (QED) is 0.504. The van der Waals surface area contributed by atoms with Crippen LogP contribution in [0.2, 0.25) is 5.02 Å². The Morgan fingerprint density at radius 2 is 1.80 bits per heavy atom. The molecule has 0 heterocycles. The summed E-state index contributed by atoms with van der Waals surface area (Å²) in [5, 5.41) is 15.3.